The highest BCUT2D eigenvalue weighted by Gasteiger charge is 2.17. The Labute approximate surface area is 72.7 Å². The van der Waals surface area contributed by atoms with Crippen molar-refractivity contribution in [3.05, 3.63) is 0 Å². The Kier molecular flexibility index (Phi) is 3.34. The lowest BCUT2D eigenvalue weighted by atomic mass is 10.3. The van der Waals surface area contributed by atoms with E-state index in [1.807, 2.05) is 13.8 Å². The lowest BCUT2D eigenvalue weighted by Gasteiger charge is -2.13. The molecule has 1 saturated heterocycles. The van der Waals surface area contributed by atoms with Gasteiger partial charge in [0.2, 0.25) is 0 Å². The normalized spacial score (nSPS) is 22.8. The molecule has 4 heteroatoms. The first kappa shape index (κ1) is 9.32. The lowest BCUT2D eigenvalue weighted by Crippen LogP contribution is -2.37. The number of nitrogens with one attached hydrogen (secondary N) is 2. The first-order valence-electron chi connectivity index (χ1n) is 4.36. The van der Waals surface area contributed by atoms with Gasteiger partial charge in [-0.15, -0.1) is 0 Å². The van der Waals surface area contributed by atoms with Gasteiger partial charge in [-0.05, 0) is 26.8 Å². The molecule has 1 heterocycles. The summed E-state index contributed by atoms with van der Waals surface area (Å²) in [6, 6.07) is 0.247. The minimum absolute atomic E-state index is 0.0423. The van der Waals surface area contributed by atoms with E-state index in [-0.39, 0.29) is 18.2 Å². The summed E-state index contributed by atoms with van der Waals surface area (Å²) >= 11 is 0. The standard InChI is InChI=1S/C8H16N2O2/c1-6(2)12-8(11)10-7-3-4-9-5-7/h6-7,9H,3-5H2,1-2H3,(H,10,11). The fourth-order valence-electron chi connectivity index (χ4n) is 1.19. The van der Waals surface area contributed by atoms with Gasteiger partial charge in [-0.1, -0.05) is 0 Å². The van der Waals surface area contributed by atoms with Gasteiger partial charge in [0.05, 0.1) is 6.10 Å². The molecule has 1 atom stereocenters. The maximum atomic E-state index is 11.0. The van der Waals surface area contributed by atoms with E-state index in [1.165, 1.54) is 0 Å². The predicted octanol–water partition coefficient (Wildman–Crippen LogP) is 0.483. The van der Waals surface area contributed by atoms with Gasteiger partial charge in [-0.25, -0.2) is 4.79 Å². The molecule has 1 fully saturated rings. The number of alkyl carbamates (subject to hydrolysis) is 1. The molecule has 70 valence electrons. The number of rotatable bonds is 2. The number of amides is 1. The summed E-state index contributed by atoms with van der Waals surface area (Å²) in [6.07, 6.45) is 0.644. The SMILES string of the molecule is CC(C)OC(=O)NC1CCNC1. The van der Waals surface area contributed by atoms with Gasteiger partial charge in [-0.3, -0.25) is 0 Å². The second kappa shape index (κ2) is 4.30. The molecule has 0 aromatic rings. The zero-order valence-electron chi connectivity index (χ0n) is 7.59. The summed E-state index contributed by atoms with van der Waals surface area (Å²) in [5, 5.41) is 5.95. The van der Waals surface area contributed by atoms with Gasteiger partial charge >= 0.3 is 6.09 Å². The molecule has 1 amide bonds. The van der Waals surface area contributed by atoms with Crippen LogP contribution in [0.3, 0.4) is 0 Å². The summed E-state index contributed by atoms with van der Waals surface area (Å²) in [7, 11) is 0. The molecule has 1 aliphatic heterocycles. The molecule has 0 bridgehead atoms. The zero-order chi connectivity index (χ0) is 8.97. The molecule has 2 N–H and O–H groups in total. The van der Waals surface area contributed by atoms with E-state index >= 15 is 0 Å². The van der Waals surface area contributed by atoms with Gasteiger partial charge in [0.15, 0.2) is 0 Å². The second-order valence-electron chi connectivity index (χ2n) is 3.29. The Morgan fingerprint density at radius 3 is 2.92 bits per heavy atom. The smallest absolute Gasteiger partial charge is 0.407 e. The van der Waals surface area contributed by atoms with Crippen molar-refractivity contribution in [3.8, 4) is 0 Å². The molecule has 0 aromatic carbocycles. The maximum Gasteiger partial charge on any atom is 0.407 e. The third-order valence-electron chi connectivity index (χ3n) is 1.73. The Bertz CT molecular complexity index is 153. The van der Waals surface area contributed by atoms with Gasteiger partial charge in [0, 0.05) is 12.6 Å². The van der Waals surface area contributed by atoms with E-state index in [9.17, 15) is 4.79 Å². The van der Waals surface area contributed by atoms with E-state index in [2.05, 4.69) is 10.6 Å². The third kappa shape index (κ3) is 3.09. The summed E-state index contributed by atoms with van der Waals surface area (Å²) in [5.74, 6) is 0. The van der Waals surface area contributed by atoms with Crippen LogP contribution in [0.2, 0.25) is 0 Å². The topological polar surface area (TPSA) is 50.4 Å². The van der Waals surface area contributed by atoms with Crippen LogP contribution in [-0.2, 0) is 4.74 Å². The first-order valence-corrected chi connectivity index (χ1v) is 4.36. The molecular formula is C8H16N2O2. The van der Waals surface area contributed by atoms with Crippen LogP contribution in [0.1, 0.15) is 20.3 Å². The van der Waals surface area contributed by atoms with Crippen LogP contribution < -0.4 is 10.6 Å². The quantitative estimate of drug-likeness (QED) is 0.637. The van der Waals surface area contributed by atoms with Gasteiger partial charge < -0.3 is 15.4 Å². The minimum atomic E-state index is -0.307. The van der Waals surface area contributed by atoms with E-state index < -0.39 is 0 Å². The van der Waals surface area contributed by atoms with Crippen LogP contribution in [0, 0.1) is 0 Å². The molecule has 1 aliphatic rings. The molecule has 0 aromatic heterocycles. The molecule has 4 nitrogen and oxygen atoms in total. The molecule has 0 radical (unpaired) electrons. The summed E-state index contributed by atoms with van der Waals surface area (Å²) < 4.78 is 4.93. The average molecular weight is 172 g/mol. The average Bonchev–Trinajstić information content (AvgIpc) is 2.37. The van der Waals surface area contributed by atoms with Crippen LogP contribution in [0.25, 0.3) is 0 Å². The highest BCUT2D eigenvalue weighted by molar-refractivity contribution is 5.67. The van der Waals surface area contributed by atoms with Crippen molar-refractivity contribution in [1.82, 2.24) is 10.6 Å². The monoisotopic (exact) mass is 172 g/mol. The van der Waals surface area contributed by atoms with Crippen molar-refractivity contribution in [2.24, 2.45) is 0 Å². The van der Waals surface area contributed by atoms with Crippen LogP contribution >= 0.6 is 0 Å². The minimum Gasteiger partial charge on any atom is -0.447 e. The first-order chi connectivity index (χ1) is 5.68. The lowest BCUT2D eigenvalue weighted by molar-refractivity contribution is 0.113. The molecular weight excluding hydrogens is 156 g/mol. The summed E-state index contributed by atoms with van der Waals surface area (Å²) in [5.41, 5.74) is 0. The van der Waals surface area contributed by atoms with Gasteiger partial charge in [0.25, 0.3) is 0 Å². The second-order valence-corrected chi connectivity index (χ2v) is 3.29. The van der Waals surface area contributed by atoms with Crippen molar-refractivity contribution in [2.45, 2.75) is 32.4 Å². The Hall–Kier alpha value is -0.770. The van der Waals surface area contributed by atoms with E-state index in [4.69, 9.17) is 4.74 Å². The fourth-order valence-corrected chi connectivity index (χ4v) is 1.19. The van der Waals surface area contributed by atoms with Gasteiger partial charge in [-0.2, -0.15) is 0 Å². The summed E-state index contributed by atoms with van der Waals surface area (Å²) in [4.78, 5) is 11.0. The Balaban J connectivity index is 2.16. The molecule has 0 spiro atoms. The third-order valence-corrected chi connectivity index (χ3v) is 1.73. The Morgan fingerprint density at radius 1 is 1.67 bits per heavy atom. The number of carbonyl (C=O) groups excluding carboxylic acids is 1. The zero-order valence-corrected chi connectivity index (χ0v) is 7.59. The number of ether oxygens (including phenoxy) is 1. The van der Waals surface area contributed by atoms with Crippen molar-refractivity contribution < 1.29 is 9.53 Å². The van der Waals surface area contributed by atoms with Crippen LogP contribution in [0.4, 0.5) is 4.79 Å². The molecule has 0 saturated carbocycles. The van der Waals surface area contributed by atoms with Crippen molar-refractivity contribution in [1.29, 1.82) is 0 Å². The Morgan fingerprint density at radius 2 is 2.42 bits per heavy atom. The molecule has 0 aliphatic carbocycles. The highest BCUT2D eigenvalue weighted by Crippen LogP contribution is 1.98. The van der Waals surface area contributed by atoms with Gasteiger partial charge in [0.1, 0.15) is 0 Å². The predicted molar refractivity (Wildman–Crippen MR) is 46.0 cm³/mol. The highest BCUT2D eigenvalue weighted by atomic mass is 16.6. The largest absolute Gasteiger partial charge is 0.447 e. The fraction of sp³-hybridized carbons (Fsp3) is 0.875. The summed E-state index contributed by atoms with van der Waals surface area (Å²) in [6.45, 7) is 5.51. The van der Waals surface area contributed by atoms with E-state index in [0.29, 0.717) is 0 Å². The number of carbonyl (C=O) groups is 1. The van der Waals surface area contributed by atoms with Crippen molar-refractivity contribution in [2.75, 3.05) is 13.1 Å². The van der Waals surface area contributed by atoms with Crippen LogP contribution in [-0.4, -0.2) is 31.3 Å². The maximum absolute atomic E-state index is 11.0. The molecule has 1 unspecified atom stereocenters. The number of hydrogen-bond donors (Lipinski definition) is 2. The van der Waals surface area contributed by atoms with E-state index in [1.54, 1.807) is 0 Å². The van der Waals surface area contributed by atoms with Crippen molar-refractivity contribution in [3.63, 3.8) is 0 Å². The molecule has 1 rings (SSSR count). The van der Waals surface area contributed by atoms with Crippen LogP contribution in [0.5, 0.6) is 0 Å². The van der Waals surface area contributed by atoms with Crippen molar-refractivity contribution >= 4 is 6.09 Å². The number of hydrogen-bond acceptors (Lipinski definition) is 3. The van der Waals surface area contributed by atoms with E-state index in [0.717, 1.165) is 19.5 Å². The molecule has 12 heavy (non-hydrogen) atoms. The van der Waals surface area contributed by atoms with Crippen LogP contribution in [0.15, 0.2) is 0 Å².